The normalized spacial score (nSPS) is 9.52. The van der Waals surface area contributed by atoms with Crippen LogP contribution in [0.3, 0.4) is 0 Å². The first kappa shape index (κ1) is 18.4. The van der Waals surface area contributed by atoms with E-state index in [4.69, 9.17) is 19.7 Å². The summed E-state index contributed by atoms with van der Waals surface area (Å²) in [6.07, 6.45) is 2.60. The molecule has 0 amide bonds. The van der Waals surface area contributed by atoms with Gasteiger partial charge in [0.1, 0.15) is 0 Å². The molecule has 0 fully saturated rings. The van der Waals surface area contributed by atoms with Gasteiger partial charge in [0, 0.05) is 0 Å². The Kier molecular flexibility index (Phi) is 7.50. The van der Waals surface area contributed by atoms with E-state index in [1.807, 2.05) is 12.1 Å². The van der Waals surface area contributed by atoms with E-state index in [1.165, 1.54) is 20.3 Å². The lowest BCUT2D eigenvalue weighted by Gasteiger charge is -2.04. The van der Waals surface area contributed by atoms with Crippen LogP contribution >= 0.6 is 0 Å². The number of phenolic OH excluding ortho intramolecular Hbond substituents is 2. The molecular weight excluding hydrogens is 296 g/mol. The number of phenols is 2. The number of hydrogen-bond acceptors (Lipinski definition) is 5. The smallest absolute Gasteiger partial charge is 0.160 e. The molecule has 0 aliphatic heterocycles. The second-order valence-corrected chi connectivity index (χ2v) is 4.66. The van der Waals surface area contributed by atoms with Gasteiger partial charge in [-0.15, -0.1) is 6.58 Å². The van der Waals surface area contributed by atoms with Crippen molar-refractivity contribution in [3.05, 3.63) is 60.2 Å². The Morgan fingerprint density at radius 1 is 0.913 bits per heavy atom. The Morgan fingerprint density at radius 3 is 1.83 bits per heavy atom. The molecule has 0 saturated carbocycles. The van der Waals surface area contributed by atoms with Crippen molar-refractivity contribution in [3.8, 4) is 23.0 Å². The Bertz CT molecular complexity index is 637. The van der Waals surface area contributed by atoms with Gasteiger partial charge in [0.05, 0.1) is 20.8 Å². The first-order valence-corrected chi connectivity index (χ1v) is 6.99. The van der Waals surface area contributed by atoms with Gasteiger partial charge in [-0.05, 0) is 41.8 Å². The minimum absolute atomic E-state index is 0.0450. The molecule has 23 heavy (non-hydrogen) atoms. The molecular formula is C18H22O5. The number of allylic oxidation sites excluding steroid dienone is 1. The van der Waals surface area contributed by atoms with E-state index in [0.29, 0.717) is 11.5 Å². The fraction of sp³-hybridized carbons (Fsp3) is 0.222. The van der Waals surface area contributed by atoms with E-state index in [-0.39, 0.29) is 18.1 Å². The number of aliphatic hydroxyl groups is 1. The number of methoxy groups -OCH3 is 2. The van der Waals surface area contributed by atoms with Gasteiger partial charge in [0.2, 0.25) is 0 Å². The maximum atomic E-state index is 9.25. The molecule has 0 unspecified atom stereocenters. The van der Waals surface area contributed by atoms with E-state index in [2.05, 4.69) is 6.58 Å². The third-order valence-electron chi connectivity index (χ3n) is 3.05. The van der Waals surface area contributed by atoms with E-state index >= 15 is 0 Å². The van der Waals surface area contributed by atoms with Crippen LogP contribution in [0.4, 0.5) is 0 Å². The van der Waals surface area contributed by atoms with Crippen molar-refractivity contribution in [2.75, 3.05) is 14.2 Å². The minimum atomic E-state index is -0.0450. The number of rotatable bonds is 5. The largest absolute Gasteiger partial charge is 0.504 e. The summed E-state index contributed by atoms with van der Waals surface area (Å²) < 4.78 is 9.77. The molecule has 0 aliphatic carbocycles. The fourth-order valence-electron chi connectivity index (χ4n) is 1.84. The van der Waals surface area contributed by atoms with Crippen LogP contribution in [-0.2, 0) is 13.0 Å². The zero-order valence-corrected chi connectivity index (χ0v) is 13.3. The first-order valence-electron chi connectivity index (χ1n) is 6.99. The van der Waals surface area contributed by atoms with Gasteiger partial charge >= 0.3 is 0 Å². The predicted octanol–water partition coefficient (Wildman–Crippen LogP) is 3.02. The van der Waals surface area contributed by atoms with Crippen LogP contribution in [0.5, 0.6) is 23.0 Å². The summed E-state index contributed by atoms with van der Waals surface area (Å²) in [7, 11) is 3.00. The molecule has 2 rings (SSSR count). The molecule has 2 aromatic rings. The molecule has 0 saturated heterocycles. The highest BCUT2D eigenvalue weighted by Gasteiger charge is 2.01. The molecule has 5 heteroatoms. The standard InChI is InChI=1S/C10H12O2.C8H10O3/c1-3-4-8-5-6-9(11)10(7-8)12-2;1-11-8-4-6(5-9)2-3-7(8)10/h3,5-7,11H,1,4H2,2H3;2-4,9-10H,5H2,1H3. The van der Waals surface area contributed by atoms with Crippen LogP contribution in [0.1, 0.15) is 11.1 Å². The lowest BCUT2D eigenvalue weighted by atomic mass is 10.1. The summed E-state index contributed by atoms with van der Waals surface area (Å²) in [5, 5.41) is 27.1. The number of aromatic hydroxyl groups is 2. The molecule has 0 spiro atoms. The highest BCUT2D eigenvalue weighted by molar-refractivity contribution is 5.42. The maximum Gasteiger partial charge on any atom is 0.160 e. The van der Waals surface area contributed by atoms with Gasteiger partial charge in [0.25, 0.3) is 0 Å². The van der Waals surface area contributed by atoms with E-state index in [1.54, 1.807) is 24.3 Å². The van der Waals surface area contributed by atoms with Crippen LogP contribution in [0.15, 0.2) is 49.1 Å². The Hall–Kier alpha value is -2.66. The molecule has 5 nitrogen and oxygen atoms in total. The summed E-state index contributed by atoms with van der Waals surface area (Å²) in [5.74, 6) is 1.15. The zero-order valence-electron chi connectivity index (χ0n) is 13.3. The first-order chi connectivity index (χ1) is 11.0. The SMILES string of the molecule is C=CCc1ccc(O)c(OC)c1.COc1cc(CO)ccc1O. The lowest BCUT2D eigenvalue weighted by Crippen LogP contribution is -1.87. The monoisotopic (exact) mass is 318 g/mol. The number of ether oxygens (including phenoxy) is 2. The minimum Gasteiger partial charge on any atom is -0.504 e. The molecule has 3 N–H and O–H groups in total. The maximum absolute atomic E-state index is 9.25. The van der Waals surface area contributed by atoms with Gasteiger partial charge in [-0.3, -0.25) is 0 Å². The lowest BCUT2D eigenvalue weighted by molar-refractivity contribution is 0.280. The van der Waals surface area contributed by atoms with Crippen molar-refractivity contribution in [3.63, 3.8) is 0 Å². The average molecular weight is 318 g/mol. The molecule has 0 heterocycles. The zero-order chi connectivity index (χ0) is 17.2. The van der Waals surface area contributed by atoms with Crippen LogP contribution in [0, 0.1) is 0 Å². The van der Waals surface area contributed by atoms with Crippen LogP contribution in [-0.4, -0.2) is 29.5 Å². The molecule has 124 valence electrons. The van der Waals surface area contributed by atoms with Crippen molar-refractivity contribution in [2.24, 2.45) is 0 Å². The highest BCUT2D eigenvalue weighted by atomic mass is 16.5. The molecule has 2 aromatic carbocycles. The average Bonchev–Trinajstić information content (AvgIpc) is 2.58. The van der Waals surface area contributed by atoms with E-state index in [0.717, 1.165) is 17.5 Å². The van der Waals surface area contributed by atoms with Crippen LogP contribution in [0.25, 0.3) is 0 Å². The number of benzene rings is 2. The summed E-state index contributed by atoms with van der Waals surface area (Å²) in [6.45, 7) is 3.59. The van der Waals surface area contributed by atoms with Gasteiger partial charge in [-0.2, -0.15) is 0 Å². The Balaban J connectivity index is 0.000000231. The molecule has 0 bridgehead atoms. The molecule has 0 radical (unpaired) electrons. The van der Waals surface area contributed by atoms with Crippen molar-refractivity contribution in [2.45, 2.75) is 13.0 Å². The van der Waals surface area contributed by atoms with Gasteiger partial charge < -0.3 is 24.8 Å². The Labute approximate surface area is 136 Å². The van der Waals surface area contributed by atoms with Gasteiger partial charge in [-0.25, -0.2) is 0 Å². The van der Waals surface area contributed by atoms with Gasteiger partial charge in [0.15, 0.2) is 23.0 Å². The van der Waals surface area contributed by atoms with Crippen molar-refractivity contribution < 1.29 is 24.8 Å². The predicted molar refractivity (Wildman–Crippen MR) is 89.1 cm³/mol. The highest BCUT2D eigenvalue weighted by Crippen LogP contribution is 2.26. The van der Waals surface area contributed by atoms with Crippen molar-refractivity contribution >= 4 is 0 Å². The summed E-state index contributed by atoms with van der Waals surface area (Å²) in [5.41, 5.74) is 1.80. The number of aliphatic hydroxyl groups excluding tert-OH is 1. The van der Waals surface area contributed by atoms with Crippen molar-refractivity contribution in [1.82, 2.24) is 0 Å². The quantitative estimate of drug-likeness (QED) is 0.739. The van der Waals surface area contributed by atoms with Crippen LogP contribution < -0.4 is 9.47 Å². The Morgan fingerprint density at radius 2 is 1.39 bits per heavy atom. The summed E-state index contributed by atoms with van der Waals surface area (Å²) in [6, 6.07) is 9.99. The summed E-state index contributed by atoms with van der Waals surface area (Å²) in [4.78, 5) is 0. The summed E-state index contributed by atoms with van der Waals surface area (Å²) >= 11 is 0. The van der Waals surface area contributed by atoms with Crippen LogP contribution in [0.2, 0.25) is 0 Å². The second kappa shape index (κ2) is 9.38. The second-order valence-electron chi connectivity index (χ2n) is 4.66. The molecule has 0 atom stereocenters. The van der Waals surface area contributed by atoms with Crippen molar-refractivity contribution in [1.29, 1.82) is 0 Å². The number of hydrogen-bond donors (Lipinski definition) is 3. The molecule has 0 aliphatic rings. The third-order valence-corrected chi connectivity index (χ3v) is 3.05. The fourth-order valence-corrected chi connectivity index (χ4v) is 1.84. The topological polar surface area (TPSA) is 79.2 Å². The molecule has 0 aromatic heterocycles. The third kappa shape index (κ3) is 5.56. The van der Waals surface area contributed by atoms with Gasteiger partial charge in [-0.1, -0.05) is 18.2 Å². The van der Waals surface area contributed by atoms with E-state index < -0.39 is 0 Å². The van der Waals surface area contributed by atoms with E-state index in [9.17, 15) is 5.11 Å².